The Morgan fingerprint density at radius 1 is 1.22 bits per heavy atom. The summed E-state index contributed by atoms with van der Waals surface area (Å²) < 4.78 is 13.9. The number of hydrogen-bond donors (Lipinski definition) is 0. The third-order valence-corrected chi connectivity index (χ3v) is 5.50. The molecule has 1 aromatic carbocycles. The number of halogens is 1. The van der Waals surface area contributed by atoms with E-state index >= 15 is 0 Å². The second kappa shape index (κ2) is 5.85. The maximum Gasteiger partial charge on any atom is 0.149 e. The Morgan fingerprint density at radius 3 is 2.78 bits per heavy atom. The minimum atomic E-state index is -0.292. The first kappa shape index (κ1) is 14.5. The molecule has 1 aliphatic rings. The summed E-state index contributed by atoms with van der Waals surface area (Å²) in [5, 5.41) is 4.14. The molecule has 3 aromatic rings. The highest BCUT2D eigenvalue weighted by atomic mass is 32.1. The molecule has 118 valence electrons. The number of rotatable bonds is 2. The number of aryl methyl sites for hydroxylation is 1. The first-order chi connectivity index (χ1) is 11.2. The predicted molar refractivity (Wildman–Crippen MR) is 90.5 cm³/mol. The Kier molecular flexibility index (Phi) is 3.69. The minimum Gasteiger partial charge on any atom is -0.356 e. The highest BCUT2D eigenvalue weighted by Crippen LogP contribution is 2.33. The number of hydrogen-bond acceptors (Lipinski definition) is 5. The Labute approximate surface area is 138 Å². The molecule has 0 aliphatic carbocycles. The standard InChI is InChI=1S/C17H17FN4S/c1-11-9-23-17(21-11)12-5-7-22(8-6-12)16-13-3-2-4-14(18)15(13)19-10-20-16/h2-4,9-10,12H,5-8H2,1H3. The number of para-hydroxylation sites is 1. The van der Waals surface area contributed by atoms with Crippen molar-refractivity contribution < 1.29 is 4.39 Å². The summed E-state index contributed by atoms with van der Waals surface area (Å²) in [6.07, 6.45) is 3.55. The van der Waals surface area contributed by atoms with Crippen LogP contribution in [0.3, 0.4) is 0 Å². The van der Waals surface area contributed by atoms with Crippen molar-refractivity contribution in [1.82, 2.24) is 15.0 Å². The average molecular weight is 328 g/mol. The molecule has 0 unspecified atom stereocenters. The number of thiazole rings is 1. The molecular formula is C17H17FN4S. The molecule has 1 fully saturated rings. The lowest BCUT2D eigenvalue weighted by molar-refractivity contribution is 0.501. The molecule has 2 aromatic heterocycles. The van der Waals surface area contributed by atoms with Crippen LogP contribution in [0, 0.1) is 12.7 Å². The number of nitrogens with zero attached hydrogens (tertiary/aromatic N) is 4. The van der Waals surface area contributed by atoms with Crippen molar-refractivity contribution in [3.63, 3.8) is 0 Å². The lowest BCUT2D eigenvalue weighted by Crippen LogP contribution is -2.33. The quantitative estimate of drug-likeness (QED) is 0.715. The number of piperidine rings is 1. The zero-order valence-corrected chi connectivity index (χ0v) is 13.7. The maximum atomic E-state index is 13.9. The predicted octanol–water partition coefficient (Wildman–Crippen LogP) is 3.92. The smallest absolute Gasteiger partial charge is 0.149 e. The normalized spacial score (nSPS) is 16.2. The van der Waals surface area contributed by atoms with Crippen LogP contribution < -0.4 is 4.90 Å². The van der Waals surface area contributed by atoms with Gasteiger partial charge in [0.15, 0.2) is 0 Å². The van der Waals surface area contributed by atoms with Gasteiger partial charge in [0.1, 0.15) is 23.5 Å². The largest absolute Gasteiger partial charge is 0.356 e. The van der Waals surface area contributed by atoms with E-state index < -0.39 is 0 Å². The molecule has 0 atom stereocenters. The summed E-state index contributed by atoms with van der Waals surface area (Å²) in [4.78, 5) is 15.3. The second-order valence-electron chi connectivity index (χ2n) is 5.92. The lowest BCUT2D eigenvalue weighted by atomic mass is 9.97. The third kappa shape index (κ3) is 2.67. The van der Waals surface area contributed by atoms with Crippen LogP contribution in [-0.4, -0.2) is 28.0 Å². The van der Waals surface area contributed by atoms with E-state index in [4.69, 9.17) is 0 Å². The summed E-state index contributed by atoms with van der Waals surface area (Å²) in [6.45, 7) is 3.86. The fraction of sp³-hybridized carbons (Fsp3) is 0.353. The zero-order valence-electron chi connectivity index (χ0n) is 12.9. The van der Waals surface area contributed by atoms with Crippen LogP contribution in [0.5, 0.6) is 0 Å². The van der Waals surface area contributed by atoms with Gasteiger partial charge in [0, 0.05) is 35.5 Å². The van der Waals surface area contributed by atoms with Crippen molar-refractivity contribution in [1.29, 1.82) is 0 Å². The van der Waals surface area contributed by atoms with Crippen molar-refractivity contribution in [2.75, 3.05) is 18.0 Å². The van der Waals surface area contributed by atoms with Crippen molar-refractivity contribution in [2.45, 2.75) is 25.7 Å². The Morgan fingerprint density at radius 2 is 2.04 bits per heavy atom. The third-order valence-electron chi connectivity index (χ3n) is 4.38. The number of benzene rings is 1. The van der Waals surface area contributed by atoms with Gasteiger partial charge in [-0.3, -0.25) is 0 Å². The van der Waals surface area contributed by atoms with E-state index in [0.29, 0.717) is 11.4 Å². The molecule has 6 heteroatoms. The molecule has 0 radical (unpaired) electrons. The van der Waals surface area contributed by atoms with Crippen LogP contribution in [0.25, 0.3) is 10.9 Å². The van der Waals surface area contributed by atoms with Crippen molar-refractivity contribution >= 4 is 28.1 Å². The molecule has 0 N–H and O–H groups in total. The highest BCUT2D eigenvalue weighted by Gasteiger charge is 2.24. The van der Waals surface area contributed by atoms with E-state index in [-0.39, 0.29) is 5.82 Å². The highest BCUT2D eigenvalue weighted by molar-refractivity contribution is 7.09. The van der Waals surface area contributed by atoms with E-state index in [1.54, 1.807) is 17.4 Å². The van der Waals surface area contributed by atoms with E-state index in [0.717, 1.165) is 42.8 Å². The molecule has 0 bridgehead atoms. The van der Waals surface area contributed by atoms with E-state index in [2.05, 4.69) is 25.2 Å². The number of aromatic nitrogens is 3. The summed E-state index contributed by atoms with van der Waals surface area (Å²) in [5.41, 5.74) is 1.50. The van der Waals surface area contributed by atoms with Gasteiger partial charge in [-0.1, -0.05) is 6.07 Å². The molecule has 4 rings (SSSR count). The monoisotopic (exact) mass is 328 g/mol. The van der Waals surface area contributed by atoms with Crippen LogP contribution in [-0.2, 0) is 0 Å². The lowest BCUT2D eigenvalue weighted by Gasteiger charge is -2.32. The van der Waals surface area contributed by atoms with Gasteiger partial charge in [-0.2, -0.15) is 0 Å². The number of fused-ring (bicyclic) bond motifs is 1. The van der Waals surface area contributed by atoms with Crippen LogP contribution in [0.4, 0.5) is 10.2 Å². The first-order valence-electron chi connectivity index (χ1n) is 7.78. The zero-order chi connectivity index (χ0) is 15.8. The Bertz CT molecular complexity index is 839. The van der Waals surface area contributed by atoms with Gasteiger partial charge < -0.3 is 4.90 Å². The van der Waals surface area contributed by atoms with Crippen molar-refractivity contribution in [3.8, 4) is 0 Å². The SMILES string of the molecule is Cc1csc(C2CCN(c3ncnc4c(F)cccc34)CC2)n1. The van der Waals surface area contributed by atoms with Crippen LogP contribution in [0.2, 0.25) is 0 Å². The molecule has 4 nitrogen and oxygen atoms in total. The Balaban J connectivity index is 1.58. The summed E-state index contributed by atoms with van der Waals surface area (Å²) in [7, 11) is 0. The minimum absolute atomic E-state index is 0.292. The van der Waals surface area contributed by atoms with Gasteiger partial charge in [-0.05, 0) is 31.9 Å². The fourth-order valence-electron chi connectivity index (χ4n) is 3.19. The second-order valence-corrected chi connectivity index (χ2v) is 6.81. The van der Waals surface area contributed by atoms with E-state index in [1.807, 2.05) is 13.0 Å². The first-order valence-corrected chi connectivity index (χ1v) is 8.66. The summed E-state index contributed by atoms with van der Waals surface area (Å²) >= 11 is 1.75. The molecule has 0 saturated carbocycles. The van der Waals surface area contributed by atoms with Gasteiger partial charge in [0.05, 0.1) is 5.01 Å². The van der Waals surface area contributed by atoms with Crippen LogP contribution >= 0.6 is 11.3 Å². The maximum absolute atomic E-state index is 13.9. The van der Waals surface area contributed by atoms with Crippen LogP contribution in [0.1, 0.15) is 29.5 Å². The van der Waals surface area contributed by atoms with E-state index in [1.165, 1.54) is 17.4 Å². The average Bonchev–Trinajstić information content (AvgIpc) is 3.02. The molecule has 0 amide bonds. The van der Waals surface area contributed by atoms with Gasteiger partial charge in [0.25, 0.3) is 0 Å². The molecule has 3 heterocycles. The van der Waals surface area contributed by atoms with Crippen molar-refractivity contribution in [3.05, 3.63) is 46.4 Å². The molecule has 1 aliphatic heterocycles. The van der Waals surface area contributed by atoms with Gasteiger partial charge in [-0.15, -0.1) is 11.3 Å². The Hall–Kier alpha value is -2.08. The molecular weight excluding hydrogens is 311 g/mol. The fourth-order valence-corrected chi connectivity index (χ4v) is 4.16. The number of anilines is 1. The molecule has 23 heavy (non-hydrogen) atoms. The molecule has 0 spiro atoms. The van der Waals surface area contributed by atoms with Gasteiger partial charge >= 0.3 is 0 Å². The summed E-state index contributed by atoms with van der Waals surface area (Å²) in [6, 6.07) is 5.05. The van der Waals surface area contributed by atoms with Crippen LogP contribution in [0.15, 0.2) is 29.9 Å². The van der Waals surface area contributed by atoms with E-state index in [9.17, 15) is 4.39 Å². The van der Waals surface area contributed by atoms with Gasteiger partial charge in [-0.25, -0.2) is 19.3 Å². The van der Waals surface area contributed by atoms with Crippen molar-refractivity contribution in [2.24, 2.45) is 0 Å². The summed E-state index contributed by atoms with van der Waals surface area (Å²) in [5.74, 6) is 1.07. The molecule has 1 saturated heterocycles. The van der Waals surface area contributed by atoms with Gasteiger partial charge in [0.2, 0.25) is 0 Å². The topological polar surface area (TPSA) is 41.9 Å².